The van der Waals surface area contributed by atoms with Crippen molar-refractivity contribution in [2.45, 2.75) is 34.1 Å². The summed E-state index contributed by atoms with van der Waals surface area (Å²) in [6, 6.07) is 7.68. The molecule has 0 aliphatic heterocycles. The molecule has 2 aromatic rings. The van der Waals surface area contributed by atoms with Crippen LogP contribution in [0.15, 0.2) is 24.3 Å². The van der Waals surface area contributed by atoms with Gasteiger partial charge in [0, 0.05) is 10.6 Å². The van der Waals surface area contributed by atoms with Gasteiger partial charge in [-0.2, -0.15) is 0 Å². The molecule has 2 amide bonds. The van der Waals surface area contributed by atoms with Crippen molar-refractivity contribution in [3.63, 3.8) is 0 Å². The van der Waals surface area contributed by atoms with E-state index in [1.54, 1.807) is 6.92 Å². The molecule has 2 rings (SSSR count). The Morgan fingerprint density at radius 1 is 1.00 bits per heavy atom. The van der Waals surface area contributed by atoms with Crippen LogP contribution >= 0.6 is 23.1 Å². The van der Waals surface area contributed by atoms with E-state index in [1.165, 1.54) is 28.7 Å². The first-order valence-electron chi connectivity index (χ1n) is 9.39. The van der Waals surface area contributed by atoms with Crippen LogP contribution in [0.25, 0.3) is 0 Å². The summed E-state index contributed by atoms with van der Waals surface area (Å²) < 4.78 is 5.09. The summed E-state index contributed by atoms with van der Waals surface area (Å²) in [4.78, 5) is 37.4. The highest BCUT2D eigenvalue weighted by atomic mass is 32.2. The van der Waals surface area contributed by atoms with Crippen LogP contribution < -0.4 is 10.6 Å². The second-order valence-corrected chi connectivity index (χ2v) is 8.56. The maximum Gasteiger partial charge on any atom is 0.341 e. The first-order chi connectivity index (χ1) is 13.8. The zero-order valence-electron chi connectivity index (χ0n) is 17.1. The molecule has 0 spiro atoms. The van der Waals surface area contributed by atoms with Gasteiger partial charge in [0.25, 0.3) is 0 Å². The van der Waals surface area contributed by atoms with Crippen molar-refractivity contribution < 1.29 is 19.1 Å². The molecule has 1 aromatic heterocycles. The van der Waals surface area contributed by atoms with Crippen LogP contribution in [0.2, 0.25) is 0 Å². The monoisotopic (exact) mass is 434 g/mol. The summed E-state index contributed by atoms with van der Waals surface area (Å²) in [7, 11) is 0. The van der Waals surface area contributed by atoms with Crippen molar-refractivity contribution in [3.05, 3.63) is 45.8 Å². The van der Waals surface area contributed by atoms with Crippen molar-refractivity contribution in [2.75, 3.05) is 28.7 Å². The van der Waals surface area contributed by atoms with Crippen LogP contribution in [0.3, 0.4) is 0 Å². The van der Waals surface area contributed by atoms with E-state index < -0.39 is 5.97 Å². The molecule has 0 unspecified atom stereocenters. The molecule has 0 bridgehead atoms. The third kappa shape index (κ3) is 6.61. The molecule has 0 saturated carbocycles. The number of carbonyl (C=O) groups is 3. The quantitative estimate of drug-likeness (QED) is 0.571. The molecular weight excluding hydrogens is 408 g/mol. The minimum atomic E-state index is -0.439. The lowest BCUT2D eigenvalue weighted by molar-refractivity contribution is -0.114. The summed E-state index contributed by atoms with van der Waals surface area (Å²) in [6.07, 6.45) is 0.945. The maximum absolute atomic E-state index is 12.3. The number of ether oxygens (including phenoxy) is 1. The van der Waals surface area contributed by atoms with Gasteiger partial charge in [0.05, 0.1) is 23.7 Å². The van der Waals surface area contributed by atoms with Gasteiger partial charge in [-0.15, -0.1) is 23.1 Å². The molecule has 156 valence electrons. The number of thioether (sulfide) groups is 1. The van der Waals surface area contributed by atoms with Crippen molar-refractivity contribution in [1.82, 2.24) is 0 Å². The predicted molar refractivity (Wildman–Crippen MR) is 120 cm³/mol. The Kier molecular flexibility index (Phi) is 8.72. The SMILES string of the molecule is CCOC(=O)c1c(NC(=O)CSCC(=O)Nc2ccc(CC)cc2)sc(C)c1C. The Morgan fingerprint density at radius 2 is 1.62 bits per heavy atom. The lowest BCUT2D eigenvalue weighted by Gasteiger charge is -2.08. The smallest absolute Gasteiger partial charge is 0.341 e. The molecule has 8 heteroatoms. The number of carbonyl (C=O) groups excluding carboxylic acids is 3. The van der Waals surface area contributed by atoms with E-state index in [4.69, 9.17) is 4.74 Å². The normalized spacial score (nSPS) is 10.5. The Morgan fingerprint density at radius 3 is 2.21 bits per heavy atom. The number of hydrogen-bond donors (Lipinski definition) is 2. The standard InChI is InChI=1S/C21H26N2O4S2/c1-5-15-7-9-16(10-8-15)22-17(24)11-28-12-18(25)23-20-19(21(26)27-6-2)13(3)14(4)29-20/h7-10H,5-6,11-12H2,1-4H3,(H,22,24)(H,23,25). The highest BCUT2D eigenvalue weighted by molar-refractivity contribution is 8.00. The second-order valence-electron chi connectivity index (χ2n) is 6.35. The molecule has 1 aromatic carbocycles. The van der Waals surface area contributed by atoms with Crippen molar-refractivity contribution in [1.29, 1.82) is 0 Å². The molecule has 0 aliphatic rings. The molecule has 1 heterocycles. The van der Waals surface area contributed by atoms with Crippen LogP contribution in [0.1, 0.15) is 40.2 Å². The summed E-state index contributed by atoms with van der Waals surface area (Å²) >= 11 is 2.56. The van der Waals surface area contributed by atoms with Gasteiger partial charge in [-0.1, -0.05) is 19.1 Å². The van der Waals surface area contributed by atoms with Gasteiger partial charge in [-0.05, 0) is 50.5 Å². The van der Waals surface area contributed by atoms with Gasteiger partial charge < -0.3 is 15.4 Å². The average Bonchev–Trinajstić information content (AvgIpc) is 2.96. The van der Waals surface area contributed by atoms with Crippen LogP contribution in [-0.2, 0) is 20.7 Å². The number of benzene rings is 1. The molecule has 0 saturated heterocycles. The van der Waals surface area contributed by atoms with Crippen LogP contribution in [0.5, 0.6) is 0 Å². The van der Waals surface area contributed by atoms with Crippen molar-refractivity contribution in [3.8, 4) is 0 Å². The fourth-order valence-corrected chi connectivity index (χ4v) is 4.27. The second kappa shape index (κ2) is 11.0. The number of hydrogen-bond acceptors (Lipinski definition) is 6. The van der Waals surface area contributed by atoms with E-state index in [0.29, 0.717) is 10.6 Å². The third-order valence-electron chi connectivity index (χ3n) is 4.23. The summed E-state index contributed by atoms with van der Waals surface area (Å²) in [5.74, 6) is -0.592. The van der Waals surface area contributed by atoms with E-state index in [1.807, 2.05) is 38.1 Å². The van der Waals surface area contributed by atoms with Crippen LogP contribution in [-0.4, -0.2) is 35.9 Å². The predicted octanol–water partition coefficient (Wildman–Crippen LogP) is 4.41. The topological polar surface area (TPSA) is 84.5 Å². The minimum absolute atomic E-state index is 0.112. The summed E-state index contributed by atoms with van der Waals surface area (Å²) in [6.45, 7) is 7.81. The number of aryl methyl sites for hydroxylation is 2. The van der Waals surface area contributed by atoms with E-state index in [9.17, 15) is 14.4 Å². The Balaban J connectivity index is 1.84. The molecule has 0 radical (unpaired) electrons. The Labute approximate surface area is 179 Å². The van der Waals surface area contributed by atoms with Crippen LogP contribution in [0.4, 0.5) is 10.7 Å². The number of rotatable bonds is 9. The molecular formula is C21H26N2O4S2. The molecule has 6 nitrogen and oxygen atoms in total. The minimum Gasteiger partial charge on any atom is -0.462 e. The fraction of sp³-hybridized carbons (Fsp3) is 0.381. The number of nitrogens with one attached hydrogen (secondary N) is 2. The maximum atomic E-state index is 12.3. The Hall–Kier alpha value is -2.32. The first-order valence-corrected chi connectivity index (χ1v) is 11.4. The van der Waals surface area contributed by atoms with Gasteiger partial charge in [0.1, 0.15) is 5.00 Å². The molecule has 2 N–H and O–H groups in total. The lowest BCUT2D eigenvalue weighted by Crippen LogP contribution is -2.19. The van der Waals surface area contributed by atoms with Gasteiger partial charge in [0.15, 0.2) is 0 Å². The largest absolute Gasteiger partial charge is 0.462 e. The molecule has 0 fully saturated rings. The van der Waals surface area contributed by atoms with Gasteiger partial charge >= 0.3 is 5.97 Å². The van der Waals surface area contributed by atoms with E-state index in [0.717, 1.165) is 22.5 Å². The average molecular weight is 435 g/mol. The van der Waals surface area contributed by atoms with E-state index >= 15 is 0 Å². The summed E-state index contributed by atoms with van der Waals surface area (Å²) in [5, 5.41) is 6.08. The van der Waals surface area contributed by atoms with Crippen LogP contribution in [0, 0.1) is 13.8 Å². The van der Waals surface area contributed by atoms with Gasteiger partial charge in [0.2, 0.25) is 11.8 Å². The lowest BCUT2D eigenvalue weighted by atomic mass is 10.1. The highest BCUT2D eigenvalue weighted by Crippen LogP contribution is 2.33. The zero-order chi connectivity index (χ0) is 21.4. The first kappa shape index (κ1) is 23.0. The summed E-state index contributed by atoms with van der Waals surface area (Å²) in [5.41, 5.74) is 3.15. The van der Waals surface area contributed by atoms with Crippen molar-refractivity contribution in [2.24, 2.45) is 0 Å². The van der Waals surface area contributed by atoms with Gasteiger partial charge in [-0.3, -0.25) is 9.59 Å². The molecule has 0 aliphatic carbocycles. The number of thiophene rings is 1. The highest BCUT2D eigenvalue weighted by Gasteiger charge is 2.22. The third-order valence-corrected chi connectivity index (χ3v) is 6.29. The molecule has 29 heavy (non-hydrogen) atoms. The number of anilines is 2. The Bertz CT molecular complexity index is 876. The zero-order valence-corrected chi connectivity index (χ0v) is 18.7. The van der Waals surface area contributed by atoms with E-state index in [2.05, 4.69) is 17.6 Å². The molecule has 0 atom stereocenters. The number of esters is 1. The van der Waals surface area contributed by atoms with Gasteiger partial charge in [-0.25, -0.2) is 4.79 Å². The van der Waals surface area contributed by atoms with Crippen molar-refractivity contribution >= 4 is 51.6 Å². The fourth-order valence-electron chi connectivity index (χ4n) is 2.58. The number of amides is 2. The van der Waals surface area contributed by atoms with E-state index in [-0.39, 0.29) is 29.9 Å².